The molecule has 0 saturated carbocycles. The number of carbonyl (C=O) groups excluding carboxylic acids is 2. The zero-order chi connectivity index (χ0) is 26.0. The van der Waals surface area contributed by atoms with Gasteiger partial charge in [0.1, 0.15) is 11.6 Å². The maximum atomic E-state index is 14.5. The number of nitrogens with zero attached hydrogens (tertiary/aromatic N) is 2. The molecule has 3 aliphatic rings. The minimum Gasteiger partial charge on any atom is -0.496 e. The average Bonchev–Trinajstić information content (AvgIpc) is 3.14. The number of amides is 2. The quantitative estimate of drug-likeness (QED) is 0.661. The molecule has 3 heterocycles. The number of likely N-dealkylation sites (tertiary alicyclic amines) is 2. The monoisotopic (exact) mass is 507 g/mol. The fourth-order valence-electron chi connectivity index (χ4n) is 6.81. The summed E-state index contributed by atoms with van der Waals surface area (Å²) in [6.45, 7) is 2.67. The van der Waals surface area contributed by atoms with Gasteiger partial charge < -0.3 is 19.9 Å². The number of methoxy groups -OCH3 is 1. The lowest BCUT2D eigenvalue weighted by molar-refractivity contribution is -0.144. The molecule has 2 aromatic carbocycles. The van der Waals surface area contributed by atoms with Crippen LogP contribution in [0.25, 0.3) is 0 Å². The Balaban J connectivity index is 1.51. The van der Waals surface area contributed by atoms with Gasteiger partial charge in [0.25, 0.3) is 0 Å². The van der Waals surface area contributed by atoms with Crippen molar-refractivity contribution in [2.45, 2.75) is 56.4 Å². The second-order valence-corrected chi connectivity index (χ2v) is 11.3. The normalized spacial score (nSPS) is 26.1. The molecule has 0 bridgehead atoms. The molecule has 2 atom stereocenters. The third-order valence-corrected chi connectivity index (χ3v) is 8.84. The van der Waals surface area contributed by atoms with Crippen LogP contribution in [0.5, 0.6) is 5.75 Å². The van der Waals surface area contributed by atoms with Crippen LogP contribution in [-0.4, -0.2) is 67.5 Å². The zero-order valence-electron chi connectivity index (χ0n) is 22.0. The summed E-state index contributed by atoms with van der Waals surface area (Å²) in [5, 5.41) is 3.37. The van der Waals surface area contributed by atoms with E-state index >= 15 is 0 Å². The third kappa shape index (κ3) is 5.11. The van der Waals surface area contributed by atoms with Crippen LogP contribution < -0.4 is 10.1 Å². The predicted octanol–water partition coefficient (Wildman–Crippen LogP) is 4.14. The minimum absolute atomic E-state index is 0.0560. The smallest absolute Gasteiger partial charge is 0.229 e. The maximum Gasteiger partial charge on any atom is 0.229 e. The molecule has 0 aromatic heterocycles. The van der Waals surface area contributed by atoms with Gasteiger partial charge in [0.2, 0.25) is 11.8 Å². The Morgan fingerprint density at radius 3 is 2.65 bits per heavy atom. The number of rotatable bonds is 5. The van der Waals surface area contributed by atoms with E-state index in [1.807, 2.05) is 29.2 Å². The lowest BCUT2D eigenvalue weighted by Crippen LogP contribution is -2.54. The SMILES string of the molecule is COc1ccccc1[C@@H]1CN(C(=O)C2(Cc3cccc(F)c3)CCN(C)CC2)C[C@]12CCCCC(=O)N2. The molecule has 5 rings (SSSR count). The van der Waals surface area contributed by atoms with Crippen molar-refractivity contribution in [3.05, 3.63) is 65.5 Å². The van der Waals surface area contributed by atoms with Crippen LogP contribution in [0.4, 0.5) is 4.39 Å². The number of halogens is 1. The largest absolute Gasteiger partial charge is 0.496 e. The molecule has 7 heteroatoms. The Hall–Kier alpha value is -2.93. The Kier molecular flexibility index (Phi) is 7.26. The van der Waals surface area contributed by atoms with Crippen LogP contribution in [0.1, 0.15) is 55.6 Å². The van der Waals surface area contributed by atoms with Crippen LogP contribution in [0, 0.1) is 11.2 Å². The summed E-state index contributed by atoms with van der Waals surface area (Å²) in [5.41, 5.74) is 0.774. The molecule has 0 radical (unpaired) electrons. The molecule has 2 amide bonds. The second-order valence-electron chi connectivity index (χ2n) is 11.3. The summed E-state index contributed by atoms with van der Waals surface area (Å²) in [6, 6.07) is 14.6. The van der Waals surface area contributed by atoms with E-state index in [1.54, 1.807) is 19.2 Å². The van der Waals surface area contributed by atoms with Crippen molar-refractivity contribution < 1.29 is 18.7 Å². The van der Waals surface area contributed by atoms with Crippen LogP contribution in [0.2, 0.25) is 0 Å². The van der Waals surface area contributed by atoms with Crippen LogP contribution in [0.15, 0.2) is 48.5 Å². The fourth-order valence-corrected chi connectivity index (χ4v) is 6.81. The van der Waals surface area contributed by atoms with E-state index in [2.05, 4.69) is 23.3 Å². The summed E-state index contributed by atoms with van der Waals surface area (Å²) in [7, 11) is 3.75. The Morgan fingerprint density at radius 2 is 1.89 bits per heavy atom. The summed E-state index contributed by atoms with van der Waals surface area (Å²) in [4.78, 5) is 31.6. The highest BCUT2D eigenvalue weighted by Gasteiger charge is 2.54. The van der Waals surface area contributed by atoms with Gasteiger partial charge in [-0.25, -0.2) is 4.39 Å². The molecule has 1 N–H and O–H groups in total. The third-order valence-electron chi connectivity index (χ3n) is 8.84. The zero-order valence-corrected chi connectivity index (χ0v) is 22.0. The first-order valence-corrected chi connectivity index (χ1v) is 13.5. The van der Waals surface area contributed by atoms with Crippen LogP contribution >= 0.6 is 0 Å². The van der Waals surface area contributed by atoms with Gasteiger partial charge in [-0.2, -0.15) is 0 Å². The Labute approximate surface area is 219 Å². The molecular formula is C30H38FN3O3. The first kappa shape index (κ1) is 25.7. The van der Waals surface area contributed by atoms with Crippen molar-refractivity contribution in [2.75, 3.05) is 40.3 Å². The van der Waals surface area contributed by atoms with E-state index in [1.165, 1.54) is 6.07 Å². The molecule has 3 aliphatic heterocycles. The Morgan fingerprint density at radius 1 is 1.11 bits per heavy atom. The average molecular weight is 508 g/mol. The fraction of sp³-hybridized carbons (Fsp3) is 0.533. The predicted molar refractivity (Wildman–Crippen MR) is 141 cm³/mol. The van der Waals surface area contributed by atoms with Gasteiger partial charge in [-0.05, 0) is 76.0 Å². The number of ether oxygens (including phenoxy) is 1. The van der Waals surface area contributed by atoms with E-state index < -0.39 is 11.0 Å². The second kappa shape index (κ2) is 10.4. The van der Waals surface area contributed by atoms with Crippen molar-refractivity contribution in [1.29, 1.82) is 0 Å². The van der Waals surface area contributed by atoms with Crippen LogP contribution in [0.3, 0.4) is 0 Å². The van der Waals surface area contributed by atoms with Gasteiger partial charge in [-0.15, -0.1) is 0 Å². The molecule has 37 heavy (non-hydrogen) atoms. The van der Waals surface area contributed by atoms with Gasteiger partial charge in [0.15, 0.2) is 0 Å². The molecule has 0 unspecified atom stereocenters. The molecule has 2 aromatic rings. The van der Waals surface area contributed by atoms with Crippen molar-refractivity contribution in [3.8, 4) is 5.75 Å². The lowest BCUT2D eigenvalue weighted by Gasteiger charge is -2.42. The van der Waals surface area contributed by atoms with Crippen molar-refractivity contribution in [3.63, 3.8) is 0 Å². The van der Waals surface area contributed by atoms with Gasteiger partial charge in [-0.3, -0.25) is 9.59 Å². The summed E-state index contributed by atoms with van der Waals surface area (Å²) < 4.78 is 19.8. The van der Waals surface area contributed by atoms with E-state index in [9.17, 15) is 14.0 Å². The molecule has 3 saturated heterocycles. The van der Waals surface area contributed by atoms with Crippen molar-refractivity contribution in [2.24, 2.45) is 5.41 Å². The molecule has 3 fully saturated rings. The summed E-state index contributed by atoms with van der Waals surface area (Å²) >= 11 is 0. The lowest BCUT2D eigenvalue weighted by atomic mass is 9.72. The number of para-hydroxylation sites is 1. The number of hydrogen-bond donors (Lipinski definition) is 1. The van der Waals surface area contributed by atoms with Crippen molar-refractivity contribution in [1.82, 2.24) is 15.1 Å². The number of piperidine rings is 1. The van der Waals surface area contributed by atoms with E-state index in [0.717, 1.165) is 62.1 Å². The standard InChI is InChI=1S/C30H38FN3O3/c1-33-16-14-29(15-17-33,19-22-8-7-9-23(31)18-22)28(36)34-20-25(24-10-3-4-11-26(24)37-2)30(21-34)13-6-5-12-27(35)32-30/h3-4,7-11,18,25H,5-6,12-17,19-21H2,1-2H3,(H,32,35)/t25-,30+/m0/s1. The maximum absolute atomic E-state index is 14.5. The van der Waals surface area contributed by atoms with Gasteiger partial charge in [0.05, 0.1) is 18.1 Å². The minimum atomic E-state index is -0.591. The number of hydrogen-bond acceptors (Lipinski definition) is 4. The molecule has 6 nitrogen and oxygen atoms in total. The first-order chi connectivity index (χ1) is 17.8. The summed E-state index contributed by atoms with van der Waals surface area (Å²) in [5.74, 6) is 0.631. The molecule has 0 aliphatic carbocycles. The van der Waals surface area contributed by atoms with Crippen LogP contribution in [-0.2, 0) is 16.0 Å². The Bertz CT molecular complexity index is 1150. The van der Waals surface area contributed by atoms with E-state index in [0.29, 0.717) is 25.9 Å². The van der Waals surface area contributed by atoms with Gasteiger partial charge in [-0.1, -0.05) is 36.8 Å². The van der Waals surface area contributed by atoms with E-state index in [-0.39, 0.29) is 23.5 Å². The van der Waals surface area contributed by atoms with E-state index in [4.69, 9.17) is 4.74 Å². The number of nitrogens with one attached hydrogen (secondary N) is 1. The van der Waals surface area contributed by atoms with Crippen molar-refractivity contribution >= 4 is 11.8 Å². The van der Waals surface area contributed by atoms with Gasteiger partial charge >= 0.3 is 0 Å². The number of carbonyl (C=O) groups is 2. The van der Waals surface area contributed by atoms with Gasteiger partial charge in [0, 0.05) is 31.0 Å². The highest BCUT2D eigenvalue weighted by molar-refractivity contribution is 5.84. The molecular weight excluding hydrogens is 469 g/mol. The first-order valence-electron chi connectivity index (χ1n) is 13.5. The molecule has 198 valence electrons. The highest BCUT2D eigenvalue weighted by Crippen LogP contribution is 2.46. The summed E-state index contributed by atoms with van der Waals surface area (Å²) in [6.07, 6.45) is 5.12. The molecule has 1 spiro atoms. The highest BCUT2D eigenvalue weighted by atomic mass is 19.1. The topological polar surface area (TPSA) is 61.9 Å². The number of benzene rings is 2.